The highest BCUT2D eigenvalue weighted by Gasteiger charge is 2.60. The van der Waals surface area contributed by atoms with Crippen LogP contribution in [0.4, 0.5) is 0 Å². The van der Waals surface area contributed by atoms with Gasteiger partial charge in [-0.2, -0.15) is 0 Å². The molecule has 480 valence electrons. The number of carboxylic acids is 1. The van der Waals surface area contributed by atoms with E-state index < -0.39 is 187 Å². The Labute approximate surface area is 488 Å². The number of hydrogen-bond donors (Lipinski definition) is 5. The maximum absolute atomic E-state index is 14.8. The molecule has 31 heteroatoms. The van der Waals surface area contributed by atoms with Gasteiger partial charge in [-0.3, -0.25) is 48.2 Å². The van der Waals surface area contributed by atoms with Gasteiger partial charge < -0.3 is 87.8 Å². The van der Waals surface area contributed by atoms with E-state index in [2.05, 4.69) is 21.8 Å². The second-order valence-electron chi connectivity index (χ2n) is 22.1. The van der Waals surface area contributed by atoms with Crippen molar-refractivity contribution in [2.45, 2.75) is 233 Å². The first-order valence-electron chi connectivity index (χ1n) is 28.6. The summed E-state index contributed by atoms with van der Waals surface area (Å²) in [4.78, 5) is 99.5. The molecule has 0 radical (unpaired) electrons. The molecule has 5 aliphatic rings. The molecule has 3 amide bonds. The van der Waals surface area contributed by atoms with Gasteiger partial charge in [0.1, 0.15) is 98.0 Å². The number of amides is 3. The van der Waals surface area contributed by atoms with Gasteiger partial charge in [0.05, 0.1) is 24.7 Å². The Morgan fingerprint density at radius 3 is 1.95 bits per heavy atom. The predicted molar refractivity (Wildman–Crippen MR) is 283 cm³/mol. The van der Waals surface area contributed by atoms with Crippen LogP contribution in [-0.4, -0.2) is 251 Å². The molecule has 0 spiro atoms. The van der Waals surface area contributed by atoms with Gasteiger partial charge in [0.15, 0.2) is 12.3 Å². The fourth-order valence-corrected chi connectivity index (χ4v) is 11.9. The zero-order chi connectivity index (χ0) is 62.2. The lowest BCUT2D eigenvalue weighted by atomic mass is 9.95. The Bertz CT molecular complexity index is 2340. The van der Waals surface area contributed by atoms with Crippen LogP contribution in [0.15, 0.2) is 4.99 Å². The number of rotatable bonds is 33. The molecule has 30 nitrogen and oxygen atoms in total. The maximum atomic E-state index is 14.8. The van der Waals surface area contributed by atoms with Gasteiger partial charge in [0, 0.05) is 47.8 Å². The summed E-state index contributed by atoms with van der Waals surface area (Å²) in [5.41, 5.74) is 3.67. The van der Waals surface area contributed by atoms with Crippen LogP contribution < -0.4 is 16.2 Å². The zero-order valence-corrected chi connectivity index (χ0v) is 49.7. The van der Waals surface area contributed by atoms with Crippen LogP contribution in [0.2, 0.25) is 0 Å². The smallest absolute Gasteiger partial charge is 0.309 e. The number of imide groups is 1. The highest BCUT2D eigenvalue weighted by Crippen LogP contribution is 2.37. The highest BCUT2D eigenvalue weighted by atomic mass is 32.3. The van der Waals surface area contributed by atoms with Gasteiger partial charge in [-0.15, -0.1) is 0 Å². The Morgan fingerprint density at radius 1 is 0.798 bits per heavy atom. The number of nitrogens with one attached hydrogen (secondary N) is 1. The molecule has 5 heterocycles. The minimum atomic E-state index is -5.74. The molecule has 4 fully saturated rings. The SMILES string of the molecule is CCCCCCCCCCCCCC(CC(=O)O[C@H]1CN(C)C(C(OC2OC(C[NH3+])[C@@H](O)[C@H]2O)C2OC(C3N=CC(=O)NC3=O)[C@H](OS(=O)(=O)[O-])[C@@H]2O)C(=O)N(C)[C@@H]1C(=O)[O-])OC(=O)CC(C)CC(=O)O[C@@H]1OC(C)C(OC)[C@@H](OC)[C@H]1OC. The van der Waals surface area contributed by atoms with Crippen molar-refractivity contribution in [3.63, 3.8) is 0 Å². The Kier molecular flexibility index (Phi) is 27.7. The molecule has 7 N–H and O–H groups in total. The summed E-state index contributed by atoms with van der Waals surface area (Å²) in [5.74, 6) is -8.43. The van der Waals surface area contributed by atoms with Crippen molar-refractivity contribution in [2.75, 3.05) is 48.5 Å². The molecular formula is C53H86N5O25S-. The van der Waals surface area contributed by atoms with Crippen LogP contribution in [0, 0.1) is 5.92 Å². The van der Waals surface area contributed by atoms with Crippen molar-refractivity contribution in [1.82, 2.24) is 15.1 Å². The summed E-state index contributed by atoms with van der Waals surface area (Å²) in [7, 11) is 0.865. The normalized spacial score (nSPS) is 33.3. The number of carbonyl (C=O) groups is 7. The topological polar surface area (TPSA) is 420 Å². The molecule has 0 aromatic heterocycles. The van der Waals surface area contributed by atoms with Gasteiger partial charge in [0.25, 0.3) is 11.8 Å². The molecule has 0 aliphatic carbocycles. The minimum absolute atomic E-state index is 0.128. The number of nitrogens with zero attached hydrogens (tertiary/aromatic N) is 3. The average molecular weight is 1230 g/mol. The van der Waals surface area contributed by atoms with E-state index in [0.717, 1.165) is 56.9 Å². The number of unbranched alkanes of at least 4 members (excludes halogenated alkanes) is 10. The van der Waals surface area contributed by atoms with Crippen LogP contribution in [0.3, 0.4) is 0 Å². The summed E-state index contributed by atoms with van der Waals surface area (Å²) in [6, 6.07) is -5.84. The lowest BCUT2D eigenvalue weighted by Gasteiger charge is -2.43. The van der Waals surface area contributed by atoms with E-state index in [9.17, 15) is 67.0 Å². The van der Waals surface area contributed by atoms with Crippen molar-refractivity contribution in [1.29, 1.82) is 0 Å². The molecule has 5 aliphatic heterocycles. The molecule has 20 atom stereocenters. The molecule has 5 rings (SSSR count). The second kappa shape index (κ2) is 33.1. The van der Waals surface area contributed by atoms with Gasteiger partial charge in [-0.05, 0) is 32.7 Å². The summed E-state index contributed by atoms with van der Waals surface area (Å²) >= 11 is 0. The molecule has 0 aromatic carbocycles. The second-order valence-corrected chi connectivity index (χ2v) is 23.1. The predicted octanol–water partition coefficient (Wildman–Crippen LogP) is -3.32. The third kappa shape index (κ3) is 19.0. The highest BCUT2D eigenvalue weighted by molar-refractivity contribution is 7.80. The lowest BCUT2D eigenvalue weighted by molar-refractivity contribution is -0.391. The maximum Gasteiger partial charge on any atom is 0.309 e. The zero-order valence-electron chi connectivity index (χ0n) is 48.9. The first kappa shape index (κ1) is 70.3. The van der Waals surface area contributed by atoms with Crippen molar-refractivity contribution in [3.05, 3.63) is 0 Å². The largest absolute Gasteiger partial charge is 0.726 e. The fourth-order valence-electron chi connectivity index (χ4n) is 11.4. The number of methoxy groups -OCH3 is 3. The number of hydrogen-bond acceptors (Lipinski definition) is 27. The monoisotopic (exact) mass is 1220 g/mol. The number of quaternary nitrogens is 1. The first-order valence-corrected chi connectivity index (χ1v) is 29.9. The number of ether oxygens (including phenoxy) is 10. The van der Waals surface area contributed by atoms with E-state index in [0.29, 0.717) is 17.5 Å². The van der Waals surface area contributed by atoms with Crippen LogP contribution in [0.25, 0.3) is 0 Å². The summed E-state index contributed by atoms with van der Waals surface area (Å²) in [5, 5.41) is 48.7. The van der Waals surface area contributed by atoms with Crippen LogP contribution >= 0.6 is 0 Å². The third-order valence-corrected chi connectivity index (χ3v) is 16.2. The van der Waals surface area contributed by atoms with Crippen LogP contribution in [-0.2, 0) is 95.5 Å². The number of carbonyl (C=O) groups excluding carboxylic acids is 7. The van der Waals surface area contributed by atoms with Gasteiger partial charge in [-0.25, -0.2) is 8.42 Å². The van der Waals surface area contributed by atoms with Crippen LogP contribution in [0.5, 0.6) is 0 Å². The number of aliphatic hydroxyl groups excluding tert-OH is 3. The third-order valence-electron chi connectivity index (χ3n) is 15.7. The number of carboxylic acid groups (broad SMARTS) is 1. The molecule has 11 unspecified atom stereocenters. The van der Waals surface area contributed by atoms with E-state index in [1.807, 2.05) is 5.32 Å². The van der Waals surface area contributed by atoms with Gasteiger partial charge >= 0.3 is 17.9 Å². The summed E-state index contributed by atoms with van der Waals surface area (Å²) in [6.07, 6.45) is -13.2. The molecule has 0 saturated carbocycles. The first-order chi connectivity index (χ1) is 39.8. The van der Waals surface area contributed by atoms with E-state index in [1.165, 1.54) is 47.6 Å². The summed E-state index contributed by atoms with van der Waals surface area (Å²) < 4.78 is 98.7. The quantitative estimate of drug-likeness (QED) is 0.0107. The number of aliphatic carboxylic acids is 1. The van der Waals surface area contributed by atoms with Gasteiger partial charge in [0.2, 0.25) is 22.6 Å². The minimum Gasteiger partial charge on any atom is -0.726 e. The van der Waals surface area contributed by atoms with E-state index >= 15 is 0 Å². The molecule has 0 bridgehead atoms. The van der Waals surface area contributed by atoms with Crippen molar-refractivity contribution < 1.29 is 124 Å². The molecule has 84 heavy (non-hydrogen) atoms. The van der Waals surface area contributed by atoms with Crippen LogP contribution in [0.1, 0.15) is 117 Å². The number of aliphatic hydroxyl groups is 3. The summed E-state index contributed by atoms with van der Waals surface area (Å²) in [6.45, 7) is 4.72. The van der Waals surface area contributed by atoms with E-state index in [4.69, 9.17) is 47.4 Å². The Morgan fingerprint density at radius 2 is 1.39 bits per heavy atom. The molecular weight excluding hydrogens is 1140 g/mol. The Hall–Kier alpha value is -4.45. The molecule has 0 aromatic rings. The lowest BCUT2D eigenvalue weighted by Crippen LogP contribution is -2.60. The standard InChI is InChI=1S/C53H87N5O25S/c1-9-10-11-12-13-14-15-16-17-18-19-20-29(77-33(60)21-27(2)22-34(61)80-53-48(75-8)47(74-7)42(73-6)28(3)76-53)23-35(62)78-31-26-57(4)38(50(67)58(5)37(31)51(68)69)44(82-52-40(64)39(63)30(24-54)79-52)45-41(65)46(83-84(70,71)72)43(81-45)36-49(66)56-32(59)25-55-36/h25,27-31,36-48,52-53,63-65H,9-24,26,54H2,1-8H3,(H,68,69)(H,56,59,66)(H,70,71,72)/p-1/t27?,28?,29?,30?,31-,36?,37-,38?,39+,40+,41+,42?,43?,44?,45?,46+,47+,48+,52?,53-/m0/s1. The van der Waals surface area contributed by atoms with Gasteiger partial charge in [-0.1, -0.05) is 78.1 Å². The average Bonchev–Trinajstić information content (AvgIpc) is 3.03. The van der Waals surface area contributed by atoms with E-state index in [-0.39, 0.29) is 25.8 Å². The number of aliphatic imine (C=N–C) groups is 1. The number of esters is 3. The van der Waals surface area contributed by atoms with Crippen molar-refractivity contribution in [2.24, 2.45) is 10.9 Å². The number of likely N-dealkylation sites (N-methyl/N-ethyl adjacent to an activating group) is 2. The molecule has 4 saturated heterocycles. The van der Waals surface area contributed by atoms with E-state index in [1.54, 1.807) is 13.8 Å². The van der Waals surface area contributed by atoms with Crippen molar-refractivity contribution >= 4 is 58.2 Å². The Balaban J connectivity index is 1.36. The fraction of sp³-hybridized carbons (Fsp3) is 0.849. The van der Waals surface area contributed by atoms with Crippen molar-refractivity contribution in [3.8, 4) is 0 Å².